The molecule has 18 heavy (non-hydrogen) atoms. The Bertz CT molecular complexity index is 559. The van der Waals surface area contributed by atoms with Gasteiger partial charge in [0.15, 0.2) is 5.16 Å². The van der Waals surface area contributed by atoms with Gasteiger partial charge in [0.05, 0.1) is 18.5 Å². The van der Waals surface area contributed by atoms with Gasteiger partial charge in [-0.05, 0) is 23.8 Å². The van der Waals surface area contributed by atoms with Crippen molar-refractivity contribution in [3.05, 3.63) is 45.9 Å². The molecule has 0 aliphatic carbocycles. The van der Waals surface area contributed by atoms with Crippen molar-refractivity contribution in [1.29, 1.82) is 0 Å². The third-order valence-electron chi connectivity index (χ3n) is 2.57. The van der Waals surface area contributed by atoms with Crippen molar-refractivity contribution in [3.8, 4) is 0 Å². The fraction of sp³-hybridized carbons (Fsp3) is 0.250. The van der Waals surface area contributed by atoms with Gasteiger partial charge in [0, 0.05) is 17.3 Å². The van der Waals surface area contributed by atoms with Crippen molar-refractivity contribution in [2.45, 2.75) is 17.5 Å². The predicted molar refractivity (Wildman–Crippen MR) is 72.8 cm³/mol. The number of aromatic nitrogens is 2. The first-order valence-electron chi connectivity index (χ1n) is 5.30. The minimum Gasteiger partial charge on any atom is -0.390 e. The highest BCUT2D eigenvalue weighted by molar-refractivity contribution is 9.10. The number of benzene rings is 1. The lowest BCUT2D eigenvalue weighted by atomic mass is 10.2. The number of imidazole rings is 1. The first-order chi connectivity index (χ1) is 8.61. The Labute approximate surface area is 117 Å². The Morgan fingerprint density at radius 3 is 2.94 bits per heavy atom. The molecule has 0 unspecified atom stereocenters. The van der Waals surface area contributed by atoms with Gasteiger partial charge >= 0.3 is 0 Å². The van der Waals surface area contributed by atoms with E-state index in [4.69, 9.17) is 5.11 Å². The second-order valence-electron chi connectivity index (χ2n) is 3.77. The van der Waals surface area contributed by atoms with Crippen LogP contribution in [0.1, 0.15) is 11.3 Å². The molecule has 1 N–H and O–H groups in total. The third kappa shape index (κ3) is 2.93. The molecule has 0 saturated heterocycles. The number of halogens is 2. The van der Waals surface area contributed by atoms with Crippen LogP contribution in [-0.2, 0) is 19.4 Å². The lowest BCUT2D eigenvalue weighted by Gasteiger charge is -2.05. The maximum Gasteiger partial charge on any atom is 0.168 e. The van der Waals surface area contributed by atoms with E-state index in [9.17, 15) is 4.39 Å². The van der Waals surface area contributed by atoms with Gasteiger partial charge in [-0.3, -0.25) is 0 Å². The number of nitrogens with zero attached hydrogens (tertiary/aromatic N) is 2. The minimum atomic E-state index is -0.220. The summed E-state index contributed by atoms with van der Waals surface area (Å²) >= 11 is 4.76. The number of hydrogen-bond acceptors (Lipinski definition) is 3. The van der Waals surface area contributed by atoms with E-state index in [1.165, 1.54) is 17.8 Å². The fourth-order valence-corrected chi connectivity index (χ4v) is 2.86. The summed E-state index contributed by atoms with van der Waals surface area (Å²) in [5.41, 5.74) is 1.37. The fourth-order valence-electron chi connectivity index (χ4n) is 1.50. The quantitative estimate of drug-likeness (QED) is 0.875. The molecule has 6 heteroatoms. The Hall–Kier alpha value is -0.850. The molecule has 0 saturated carbocycles. The van der Waals surface area contributed by atoms with Crippen molar-refractivity contribution in [1.82, 2.24) is 9.55 Å². The van der Waals surface area contributed by atoms with E-state index in [2.05, 4.69) is 20.9 Å². The number of hydrogen-bond donors (Lipinski definition) is 1. The number of thioether (sulfide) groups is 1. The Kier molecular flexibility index (Phi) is 4.42. The monoisotopic (exact) mass is 330 g/mol. The molecule has 0 amide bonds. The third-order valence-corrected chi connectivity index (χ3v) is 4.15. The van der Waals surface area contributed by atoms with Crippen LogP contribution in [0.3, 0.4) is 0 Å². The highest BCUT2D eigenvalue weighted by Gasteiger charge is 2.09. The van der Waals surface area contributed by atoms with Crippen LogP contribution in [0.4, 0.5) is 4.39 Å². The smallest absolute Gasteiger partial charge is 0.168 e. The summed E-state index contributed by atoms with van der Waals surface area (Å²) in [6, 6.07) is 4.88. The topological polar surface area (TPSA) is 38.0 Å². The maximum atomic E-state index is 13.5. The first kappa shape index (κ1) is 13.6. The van der Waals surface area contributed by atoms with Crippen LogP contribution >= 0.6 is 27.7 Å². The number of aliphatic hydroxyl groups excluding tert-OH is 1. The summed E-state index contributed by atoms with van der Waals surface area (Å²) in [7, 11) is 1.83. The molecule has 0 spiro atoms. The molecular formula is C12H12BrFN2OS. The van der Waals surface area contributed by atoms with E-state index < -0.39 is 0 Å². The van der Waals surface area contributed by atoms with Crippen molar-refractivity contribution in [2.24, 2.45) is 7.05 Å². The minimum absolute atomic E-state index is 0.0463. The average Bonchev–Trinajstić information content (AvgIpc) is 2.71. The van der Waals surface area contributed by atoms with Gasteiger partial charge in [-0.25, -0.2) is 9.37 Å². The number of aliphatic hydroxyl groups is 1. The van der Waals surface area contributed by atoms with E-state index in [-0.39, 0.29) is 12.4 Å². The zero-order valence-electron chi connectivity index (χ0n) is 9.73. The van der Waals surface area contributed by atoms with Crippen molar-refractivity contribution in [3.63, 3.8) is 0 Å². The lowest BCUT2D eigenvalue weighted by Crippen LogP contribution is -1.98. The van der Waals surface area contributed by atoms with Crippen LogP contribution in [0.5, 0.6) is 0 Å². The Morgan fingerprint density at radius 1 is 1.50 bits per heavy atom. The summed E-state index contributed by atoms with van der Waals surface area (Å²) in [6.45, 7) is -0.0463. The molecule has 0 aliphatic rings. The molecule has 0 fully saturated rings. The normalized spacial score (nSPS) is 10.9. The van der Waals surface area contributed by atoms with Gasteiger partial charge < -0.3 is 9.67 Å². The van der Waals surface area contributed by atoms with Gasteiger partial charge in [0.2, 0.25) is 0 Å². The summed E-state index contributed by atoms with van der Waals surface area (Å²) in [5, 5.41) is 9.82. The standard InChI is InChI=1S/C12H12BrFN2OS/c1-16-10(6-17)5-15-12(16)18-7-8-4-9(13)2-3-11(8)14/h2-5,17H,6-7H2,1H3. The van der Waals surface area contributed by atoms with Crippen LogP contribution in [0.15, 0.2) is 34.0 Å². The molecule has 0 radical (unpaired) electrons. The molecule has 2 aromatic rings. The highest BCUT2D eigenvalue weighted by atomic mass is 79.9. The largest absolute Gasteiger partial charge is 0.390 e. The van der Waals surface area contributed by atoms with E-state index in [0.717, 1.165) is 15.3 Å². The summed E-state index contributed by atoms with van der Waals surface area (Å²) in [6.07, 6.45) is 1.62. The molecule has 0 aliphatic heterocycles. The zero-order valence-corrected chi connectivity index (χ0v) is 12.1. The average molecular weight is 331 g/mol. The van der Waals surface area contributed by atoms with Crippen LogP contribution < -0.4 is 0 Å². The van der Waals surface area contributed by atoms with Crippen LogP contribution in [0.25, 0.3) is 0 Å². The SMILES string of the molecule is Cn1c(CO)cnc1SCc1cc(Br)ccc1F. The maximum absolute atomic E-state index is 13.5. The lowest BCUT2D eigenvalue weighted by molar-refractivity contribution is 0.271. The molecule has 96 valence electrons. The molecule has 1 aromatic carbocycles. The number of rotatable bonds is 4. The van der Waals surface area contributed by atoms with Crippen LogP contribution in [0, 0.1) is 5.82 Å². The van der Waals surface area contributed by atoms with Gasteiger partial charge in [0.25, 0.3) is 0 Å². The zero-order chi connectivity index (χ0) is 13.1. The van der Waals surface area contributed by atoms with E-state index in [1.54, 1.807) is 22.9 Å². The molecule has 1 heterocycles. The van der Waals surface area contributed by atoms with Gasteiger partial charge in [-0.2, -0.15) is 0 Å². The Balaban J connectivity index is 2.11. The van der Waals surface area contributed by atoms with E-state index >= 15 is 0 Å². The van der Waals surface area contributed by atoms with Crippen molar-refractivity contribution < 1.29 is 9.50 Å². The molecule has 0 bridgehead atoms. The molecule has 2 rings (SSSR count). The molecule has 1 aromatic heterocycles. The van der Waals surface area contributed by atoms with Crippen LogP contribution in [0.2, 0.25) is 0 Å². The predicted octanol–water partition coefficient (Wildman–Crippen LogP) is 3.11. The second-order valence-corrected chi connectivity index (χ2v) is 5.63. The summed E-state index contributed by atoms with van der Waals surface area (Å²) in [5.74, 6) is 0.281. The molecular weight excluding hydrogens is 319 g/mol. The summed E-state index contributed by atoms with van der Waals surface area (Å²) < 4.78 is 16.2. The summed E-state index contributed by atoms with van der Waals surface area (Å²) in [4.78, 5) is 4.19. The van der Waals surface area contributed by atoms with E-state index in [0.29, 0.717) is 11.3 Å². The molecule has 3 nitrogen and oxygen atoms in total. The molecule has 0 atom stereocenters. The van der Waals surface area contributed by atoms with Gasteiger partial charge in [-0.1, -0.05) is 27.7 Å². The van der Waals surface area contributed by atoms with Gasteiger partial charge in [-0.15, -0.1) is 0 Å². The Morgan fingerprint density at radius 2 is 2.28 bits per heavy atom. The first-order valence-corrected chi connectivity index (χ1v) is 7.08. The van der Waals surface area contributed by atoms with Crippen molar-refractivity contribution >= 4 is 27.7 Å². The second kappa shape index (κ2) is 5.86. The van der Waals surface area contributed by atoms with Crippen LogP contribution in [-0.4, -0.2) is 14.7 Å². The van der Waals surface area contributed by atoms with E-state index in [1.807, 2.05) is 7.05 Å². The van der Waals surface area contributed by atoms with Gasteiger partial charge in [0.1, 0.15) is 5.82 Å². The van der Waals surface area contributed by atoms with Crippen molar-refractivity contribution in [2.75, 3.05) is 0 Å². The highest BCUT2D eigenvalue weighted by Crippen LogP contribution is 2.25.